The largest absolute Gasteiger partial charge is 0.0622 e. The van der Waals surface area contributed by atoms with Crippen LogP contribution in [0, 0.1) is 0 Å². The van der Waals surface area contributed by atoms with Crippen LogP contribution in [-0.2, 0) is 20.4 Å². The summed E-state index contributed by atoms with van der Waals surface area (Å²) in [5.74, 6) is 0. The van der Waals surface area contributed by atoms with E-state index in [1.807, 2.05) is 0 Å². The predicted molar refractivity (Wildman–Crippen MR) is 193 cm³/mol. The molecule has 0 aliphatic rings. The van der Waals surface area contributed by atoms with Crippen molar-refractivity contribution in [2.75, 3.05) is 0 Å². The third-order valence-electron chi connectivity index (χ3n) is 6.09. The van der Waals surface area contributed by atoms with Gasteiger partial charge in [-0.15, -0.1) is 24.8 Å². The predicted octanol–water partition coefficient (Wildman–Crippen LogP) is 6.81. The summed E-state index contributed by atoms with van der Waals surface area (Å²) in [4.78, 5) is 0. The Morgan fingerprint density at radius 1 is 0.238 bits per heavy atom. The number of halogens is 2. The molecule has 6 aromatic rings. The molecule has 6 heteroatoms. The van der Waals surface area contributed by atoms with E-state index in [9.17, 15) is 0 Å². The Morgan fingerprint density at radius 3 is 0.476 bits per heavy atom. The molecule has 0 atom stereocenters. The zero-order valence-corrected chi connectivity index (χ0v) is 32.1. The molecule has 2 radical (unpaired) electrons. The van der Waals surface area contributed by atoms with Gasteiger partial charge in [0, 0.05) is 20.4 Å². The first kappa shape index (κ1) is 38.2. The van der Waals surface area contributed by atoms with Gasteiger partial charge < -0.3 is 0 Å². The van der Waals surface area contributed by atoms with E-state index in [4.69, 9.17) is 0 Å². The van der Waals surface area contributed by atoms with Gasteiger partial charge in [0.25, 0.3) is 0 Å². The first-order valence-electron chi connectivity index (χ1n) is 12.8. The second kappa shape index (κ2) is 21.0. The molecule has 0 aromatic heterocycles. The molecule has 0 heterocycles. The summed E-state index contributed by atoms with van der Waals surface area (Å²) in [5, 5.41) is 8.39. The van der Waals surface area contributed by atoms with Gasteiger partial charge in [0.1, 0.15) is 0 Å². The molecule has 0 amide bonds. The van der Waals surface area contributed by atoms with Gasteiger partial charge in [-0.25, -0.2) is 0 Å². The van der Waals surface area contributed by atoms with Crippen LogP contribution < -0.4 is 31.8 Å². The SMILES string of the molecule is Cl.Cl.[Pd].[SnH2].c1ccc(P(c2ccccc2)c2ccccc2)cc1.c1ccc(P(c2ccccc2)c2ccccc2)cc1. The van der Waals surface area contributed by atoms with Gasteiger partial charge in [-0.3, -0.25) is 0 Å². The Morgan fingerprint density at radius 2 is 0.357 bits per heavy atom. The fraction of sp³-hybridized carbons (Fsp3) is 0. The molecule has 0 saturated carbocycles. The second-order valence-corrected chi connectivity index (χ2v) is 13.1. The Hall–Kier alpha value is -1.78. The first-order valence-corrected chi connectivity index (χ1v) is 15.5. The molecule has 0 bridgehead atoms. The van der Waals surface area contributed by atoms with Crippen LogP contribution in [0.3, 0.4) is 0 Å². The van der Waals surface area contributed by atoms with Crippen molar-refractivity contribution in [2.24, 2.45) is 0 Å². The van der Waals surface area contributed by atoms with Crippen molar-refractivity contribution in [1.29, 1.82) is 0 Å². The topological polar surface area (TPSA) is 0 Å². The summed E-state index contributed by atoms with van der Waals surface area (Å²) in [7, 11) is -0.892. The van der Waals surface area contributed by atoms with E-state index in [1.54, 1.807) is 0 Å². The first-order chi connectivity index (χ1) is 18.9. The van der Waals surface area contributed by atoms with Crippen LogP contribution in [0.4, 0.5) is 0 Å². The van der Waals surface area contributed by atoms with Crippen molar-refractivity contribution >= 4 is 96.4 Å². The van der Waals surface area contributed by atoms with E-state index in [2.05, 4.69) is 182 Å². The van der Waals surface area contributed by atoms with Crippen molar-refractivity contribution in [2.45, 2.75) is 0 Å². The van der Waals surface area contributed by atoms with Gasteiger partial charge in [0.15, 0.2) is 0 Å². The zero-order chi connectivity index (χ0) is 25.8. The van der Waals surface area contributed by atoms with Crippen LogP contribution >= 0.6 is 40.7 Å². The minimum Gasteiger partial charge on any atom is -0.0622 e. The van der Waals surface area contributed by atoms with Crippen molar-refractivity contribution in [1.82, 2.24) is 0 Å². The average molecular weight is 825 g/mol. The van der Waals surface area contributed by atoms with E-state index in [-0.39, 0.29) is 69.1 Å². The van der Waals surface area contributed by atoms with Gasteiger partial charge in [-0.05, 0) is 47.7 Å². The number of rotatable bonds is 6. The molecule has 0 aliphatic carbocycles. The Labute approximate surface area is 296 Å². The van der Waals surface area contributed by atoms with Crippen molar-refractivity contribution in [3.05, 3.63) is 182 Å². The Balaban J connectivity index is 0.000000383. The average Bonchev–Trinajstić information content (AvgIpc) is 3.01. The number of hydrogen-bond donors (Lipinski definition) is 0. The third kappa shape index (κ3) is 10.7. The van der Waals surface area contributed by atoms with Gasteiger partial charge >= 0.3 is 23.9 Å². The van der Waals surface area contributed by atoms with E-state index >= 15 is 0 Å². The molecule has 216 valence electrons. The van der Waals surface area contributed by atoms with Crippen LogP contribution in [0.2, 0.25) is 0 Å². The van der Waals surface area contributed by atoms with E-state index in [0.29, 0.717) is 0 Å². The smallest absolute Gasteiger partial charge is 0.0134 e. The normalized spacial score (nSPS) is 9.57. The molecule has 0 unspecified atom stereocenters. The maximum Gasteiger partial charge on any atom is -0.0134 e. The van der Waals surface area contributed by atoms with Gasteiger partial charge in [-0.2, -0.15) is 0 Å². The molecule has 42 heavy (non-hydrogen) atoms. The monoisotopic (exact) mass is 824 g/mol. The molecular formula is C36H34Cl2P2PdSn. The minimum absolute atomic E-state index is 0. The van der Waals surface area contributed by atoms with Crippen LogP contribution in [0.15, 0.2) is 182 Å². The van der Waals surface area contributed by atoms with E-state index in [0.717, 1.165) is 0 Å². The number of hydrogen-bond acceptors (Lipinski definition) is 0. The second-order valence-electron chi connectivity index (χ2n) is 8.68. The molecular weight excluding hydrogens is 790 g/mol. The van der Waals surface area contributed by atoms with E-state index in [1.165, 1.54) is 31.8 Å². The molecule has 0 N–H and O–H groups in total. The van der Waals surface area contributed by atoms with Gasteiger partial charge in [0.05, 0.1) is 0 Å². The quantitative estimate of drug-likeness (QED) is 0.128. The summed E-state index contributed by atoms with van der Waals surface area (Å²) < 4.78 is 0. The van der Waals surface area contributed by atoms with Crippen molar-refractivity contribution in [3.8, 4) is 0 Å². The third-order valence-corrected chi connectivity index (χ3v) is 11.0. The molecule has 6 aromatic carbocycles. The maximum atomic E-state index is 2.23. The molecule has 0 nitrogen and oxygen atoms in total. The summed E-state index contributed by atoms with van der Waals surface area (Å²) in [5.41, 5.74) is 0. The molecule has 6 rings (SSSR count). The van der Waals surface area contributed by atoms with Crippen LogP contribution in [0.1, 0.15) is 0 Å². The van der Waals surface area contributed by atoms with Crippen molar-refractivity contribution < 1.29 is 20.4 Å². The van der Waals surface area contributed by atoms with Crippen molar-refractivity contribution in [3.63, 3.8) is 0 Å². The summed E-state index contributed by atoms with van der Waals surface area (Å²) in [6, 6.07) is 64.7. The fourth-order valence-corrected chi connectivity index (χ4v) is 8.97. The maximum absolute atomic E-state index is 2.23. The zero-order valence-electron chi connectivity index (χ0n) is 23.1. The van der Waals surface area contributed by atoms with E-state index < -0.39 is 15.8 Å². The Kier molecular flexibility index (Phi) is 19.1. The molecule has 0 saturated heterocycles. The fourth-order valence-electron chi connectivity index (χ4n) is 4.36. The molecule has 0 spiro atoms. The van der Waals surface area contributed by atoms with Crippen LogP contribution in [0.25, 0.3) is 0 Å². The standard InChI is InChI=1S/2C18H15P.2ClH.Pd.Sn.2H/c2*1-4-10-16(11-5-1)19(17-12-6-2-7-13-17)18-14-8-3-9-15-18;;;;;;/h2*1-15H;2*1H;;;;. The molecule has 0 aliphatic heterocycles. The summed E-state index contributed by atoms with van der Waals surface area (Å²) in [6.07, 6.45) is 0. The van der Waals surface area contributed by atoms with Gasteiger partial charge in [-0.1, -0.05) is 182 Å². The molecule has 0 fully saturated rings. The summed E-state index contributed by atoms with van der Waals surface area (Å²) >= 11 is 0. The van der Waals surface area contributed by atoms with Gasteiger partial charge in [0.2, 0.25) is 0 Å². The Bertz CT molecular complexity index is 1190. The minimum atomic E-state index is -0.446. The summed E-state index contributed by atoms with van der Waals surface area (Å²) in [6.45, 7) is 0. The van der Waals surface area contributed by atoms with Crippen LogP contribution in [-0.4, -0.2) is 23.9 Å². The number of benzene rings is 6. The van der Waals surface area contributed by atoms with Crippen LogP contribution in [0.5, 0.6) is 0 Å².